The van der Waals surface area contributed by atoms with Gasteiger partial charge in [0.15, 0.2) is 0 Å². The van der Waals surface area contributed by atoms with Crippen molar-refractivity contribution in [2.24, 2.45) is 5.92 Å². The third-order valence-corrected chi connectivity index (χ3v) is 4.01. The van der Waals surface area contributed by atoms with Crippen molar-refractivity contribution in [3.05, 3.63) is 0 Å². The minimum absolute atomic E-state index is 0.706. The van der Waals surface area contributed by atoms with Gasteiger partial charge in [-0.1, -0.05) is 6.92 Å². The second-order valence-electron chi connectivity index (χ2n) is 5.17. The molecular weight excluding hydrogens is 172 g/mol. The minimum atomic E-state index is 0.706. The summed E-state index contributed by atoms with van der Waals surface area (Å²) < 4.78 is 0. The maximum atomic E-state index is 3.60. The van der Waals surface area contributed by atoms with E-state index in [1.54, 1.807) is 0 Å². The lowest BCUT2D eigenvalue weighted by molar-refractivity contribution is 0.0948. The molecule has 2 atom stereocenters. The van der Waals surface area contributed by atoms with Crippen LogP contribution >= 0.6 is 0 Å². The molecule has 2 heterocycles. The Labute approximate surface area is 88.1 Å². The molecule has 14 heavy (non-hydrogen) atoms. The van der Waals surface area contributed by atoms with Gasteiger partial charge in [0.1, 0.15) is 0 Å². The van der Waals surface area contributed by atoms with E-state index in [0.29, 0.717) is 6.04 Å². The van der Waals surface area contributed by atoms with Crippen molar-refractivity contribution in [3.63, 3.8) is 0 Å². The molecular formula is C12H24N2. The topological polar surface area (TPSA) is 15.3 Å². The highest BCUT2D eigenvalue weighted by atomic mass is 15.2. The van der Waals surface area contributed by atoms with Crippen molar-refractivity contribution in [2.75, 3.05) is 19.6 Å². The van der Waals surface area contributed by atoms with E-state index in [1.165, 1.54) is 45.3 Å². The summed E-state index contributed by atoms with van der Waals surface area (Å²) >= 11 is 0. The van der Waals surface area contributed by atoms with Crippen LogP contribution in [0.5, 0.6) is 0 Å². The molecule has 0 saturated carbocycles. The van der Waals surface area contributed by atoms with Crippen molar-refractivity contribution in [3.8, 4) is 0 Å². The van der Waals surface area contributed by atoms with Crippen LogP contribution in [0.3, 0.4) is 0 Å². The van der Waals surface area contributed by atoms with E-state index < -0.39 is 0 Å². The number of rotatable bonds is 1. The van der Waals surface area contributed by atoms with Gasteiger partial charge in [-0.3, -0.25) is 4.90 Å². The van der Waals surface area contributed by atoms with Crippen LogP contribution in [0.4, 0.5) is 0 Å². The van der Waals surface area contributed by atoms with Crippen LogP contribution in [-0.2, 0) is 0 Å². The van der Waals surface area contributed by atoms with Crippen LogP contribution in [0.25, 0.3) is 0 Å². The predicted octanol–water partition coefficient (Wildman–Crippen LogP) is 1.86. The largest absolute Gasteiger partial charge is 0.313 e. The summed E-state index contributed by atoms with van der Waals surface area (Å²) in [6, 6.07) is 1.52. The van der Waals surface area contributed by atoms with E-state index in [4.69, 9.17) is 0 Å². The summed E-state index contributed by atoms with van der Waals surface area (Å²) in [6.45, 7) is 8.62. The molecule has 2 heteroatoms. The molecule has 0 aromatic heterocycles. The average Bonchev–Trinajstić information content (AvgIpc) is 2.20. The van der Waals surface area contributed by atoms with Gasteiger partial charge in [0.25, 0.3) is 0 Å². The van der Waals surface area contributed by atoms with E-state index in [1.807, 2.05) is 0 Å². The highest BCUT2D eigenvalue weighted by molar-refractivity contribution is 4.87. The Kier molecular flexibility index (Phi) is 3.45. The van der Waals surface area contributed by atoms with E-state index in [2.05, 4.69) is 24.1 Å². The normalized spacial score (nSPS) is 37.3. The first-order valence-corrected chi connectivity index (χ1v) is 6.25. The number of piperidine rings is 2. The van der Waals surface area contributed by atoms with E-state index in [0.717, 1.165) is 12.0 Å². The van der Waals surface area contributed by atoms with Crippen LogP contribution in [0.2, 0.25) is 0 Å². The first kappa shape index (κ1) is 10.4. The summed E-state index contributed by atoms with van der Waals surface area (Å²) in [4.78, 5) is 2.72. The van der Waals surface area contributed by atoms with E-state index >= 15 is 0 Å². The molecule has 0 aromatic carbocycles. The summed E-state index contributed by atoms with van der Waals surface area (Å²) in [6.07, 6.45) is 5.58. The van der Waals surface area contributed by atoms with Gasteiger partial charge in [0.2, 0.25) is 0 Å². The minimum Gasteiger partial charge on any atom is -0.313 e. The van der Waals surface area contributed by atoms with Gasteiger partial charge < -0.3 is 5.32 Å². The van der Waals surface area contributed by atoms with Crippen molar-refractivity contribution in [1.29, 1.82) is 0 Å². The highest BCUT2D eigenvalue weighted by Gasteiger charge is 2.28. The maximum Gasteiger partial charge on any atom is 0.0247 e. The molecule has 2 unspecified atom stereocenters. The zero-order chi connectivity index (χ0) is 9.97. The molecule has 0 aliphatic carbocycles. The Hall–Kier alpha value is -0.0800. The van der Waals surface area contributed by atoms with Gasteiger partial charge in [0, 0.05) is 12.1 Å². The lowest BCUT2D eigenvalue weighted by Gasteiger charge is -2.42. The van der Waals surface area contributed by atoms with Gasteiger partial charge in [-0.2, -0.15) is 0 Å². The smallest absolute Gasteiger partial charge is 0.0247 e. The first-order valence-electron chi connectivity index (χ1n) is 6.25. The Morgan fingerprint density at radius 2 is 1.79 bits per heavy atom. The fraction of sp³-hybridized carbons (Fsp3) is 1.00. The lowest BCUT2D eigenvalue weighted by Crippen LogP contribution is -2.53. The number of nitrogens with zero attached hydrogens (tertiary/aromatic N) is 1. The van der Waals surface area contributed by atoms with Crippen LogP contribution in [0.1, 0.15) is 39.5 Å². The van der Waals surface area contributed by atoms with Crippen molar-refractivity contribution < 1.29 is 0 Å². The lowest BCUT2D eigenvalue weighted by atomic mass is 9.93. The molecule has 0 bridgehead atoms. The van der Waals surface area contributed by atoms with Gasteiger partial charge in [-0.25, -0.2) is 0 Å². The SMILES string of the molecule is CC1CCN(C2CCCNC2C)CC1. The van der Waals surface area contributed by atoms with E-state index in [9.17, 15) is 0 Å². The fourth-order valence-electron chi connectivity index (χ4n) is 2.89. The van der Waals surface area contributed by atoms with E-state index in [-0.39, 0.29) is 0 Å². The Balaban J connectivity index is 1.87. The Morgan fingerprint density at radius 1 is 1.07 bits per heavy atom. The second-order valence-corrected chi connectivity index (χ2v) is 5.17. The monoisotopic (exact) mass is 196 g/mol. The third kappa shape index (κ3) is 2.29. The third-order valence-electron chi connectivity index (χ3n) is 4.01. The molecule has 0 aromatic rings. The summed E-state index contributed by atoms with van der Waals surface area (Å²) in [5, 5.41) is 3.60. The zero-order valence-electron chi connectivity index (χ0n) is 9.63. The number of likely N-dealkylation sites (tertiary alicyclic amines) is 1. The fourth-order valence-corrected chi connectivity index (χ4v) is 2.89. The predicted molar refractivity (Wildman–Crippen MR) is 60.5 cm³/mol. The molecule has 2 fully saturated rings. The highest BCUT2D eigenvalue weighted by Crippen LogP contribution is 2.23. The molecule has 82 valence electrons. The first-order chi connectivity index (χ1) is 6.77. The number of nitrogens with one attached hydrogen (secondary N) is 1. The van der Waals surface area contributed by atoms with Crippen molar-refractivity contribution in [2.45, 2.75) is 51.6 Å². The Morgan fingerprint density at radius 3 is 2.43 bits per heavy atom. The zero-order valence-corrected chi connectivity index (χ0v) is 9.63. The molecule has 0 amide bonds. The quantitative estimate of drug-likeness (QED) is 0.688. The van der Waals surface area contributed by atoms with Gasteiger partial charge in [0.05, 0.1) is 0 Å². The van der Waals surface area contributed by atoms with Gasteiger partial charge in [-0.15, -0.1) is 0 Å². The standard InChI is InChI=1S/C12H24N2/c1-10-5-8-14(9-6-10)12-4-3-7-13-11(12)2/h10-13H,3-9H2,1-2H3. The molecule has 2 aliphatic heterocycles. The average molecular weight is 196 g/mol. The number of hydrogen-bond donors (Lipinski definition) is 1. The van der Waals surface area contributed by atoms with Crippen LogP contribution in [0.15, 0.2) is 0 Å². The van der Waals surface area contributed by atoms with Crippen LogP contribution < -0.4 is 5.32 Å². The molecule has 1 N–H and O–H groups in total. The van der Waals surface area contributed by atoms with Crippen LogP contribution in [0, 0.1) is 5.92 Å². The summed E-state index contributed by atoms with van der Waals surface area (Å²) in [7, 11) is 0. The summed E-state index contributed by atoms with van der Waals surface area (Å²) in [5.41, 5.74) is 0. The number of hydrogen-bond acceptors (Lipinski definition) is 2. The molecule has 0 spiro atoms. The van der Waals surface area contributed by atoms with Gasteiger partial charge >= 0.3 is 0 Å². The molecule has 0 radical (unpaired) electrons. The Bertz CT molecular complexity index is 173. The second kappa shape index (κ2) is 4.63. The van der Waals surface area contributed by atoms with Gasteiger partial charge in [-0.05, 0) is 58.2 Å². The van der Waals surface area contributed by atoms with Crippen molar-refractivity contribution >= 4 is 0 Å². The molecule has 2 saturated heterocycles. The molecule has 2 aliphatic rings. The maximum absolute atomic E-state index is 3.60. The molecule has 2 nitrogen and oxygen atoms in total. The van der Waals surface area contributed by atoms with Crippen LogP contribution in [-0.4, -0.2) is 36.6 Å². The van der Waals surface area contributed by atoms with Crippen molar-refractivity contribution in [1.82, 2.24) is 10.2 Å². The summed E-state index contributed by atoms with van der Waals surface area (Å²) in [5.74, 6) is 0.957. The molecule has 2 rings (SSSR count).